The molecule has 3 nitrogen and oxygen atoms in total. The Morgan fingerprint density at radius 2 is 1.89 bits per heavy atom. The molecule has 0 saturated heterocycles. The summed E-state index contributed by atoms with van der Waals surface area (Å²) in [5.41, 5.74) is 1.32. The summed E-state index contributed by atoms with van der Waals surface area (Å²) in [6.45, 7) is 0. The zero-order valence-corrected chi connectivity index (χ0v) is 12.7. The fourth-order valence-electron chi connectivity index (χ4n) is 2.50. The van der Waals surface area contributed by atoms with E-state index in [1.807, 2.05) is 12.1 Å². The van der Waals surface area contributed by atoms with Gasteiger partial charge in [-0.15, -0.1) is 0 Å². The zero-order chi connectivity index (χ0) is 13.2. The first kappa shape index (κ1) is 14.0. The monoisotopic (exact) mass is 332 g/mol. The van der Waals surface area contributed by atoms with Crippen LogP contribution in [0, 0.1) is 0 Å². The average Bonchev–Trinajstić information content (AvgIpc) is 2.28. The van der Waals surface area contributed by atoms with Crippen LogP contribution in [0.4, 0.5) is 0 Å². The van der Waals surface area contributed by atoms with Crippen LogP contribution in [0.25, 0.3) is 0 Å². The molecule has 0 aromatic heterocycles. The Balaban J connectivity index is 1.94. The Kier molecular flexibility index (Phi) is 4.45. The van der Waals surface area contributed by atoms with Crippen molar-refractivity contribution in [1.29, 1.82) is 0 Å². The Morgan fingerprint density at radius 3 is 2.44 bits per heavy atom. The molecule has 0 unspecified atom stereocenters. The Labute approximate surface area is 117 Å². The Hall–Kier alpha value is -0.390. The summed E-state index contributed by atoms with van der Waals surface area (Å²) in [7, 11) is -3.32. The smallest absolute Gasteiger partial charge is 0.264 e. The largest absolute Gasteiger partial charge is 0.267 e. The molecule has 1 aliphatic rings. The third kappa shape index (κ3) is 4.07. The van der Waals surface area contributed by atoms with E-state index in [4.69, 9.17) is 4.18 Å². The van der Waals surface area contributed by atoms with E-state index in [1.54, 1.807) is 0 Å². The SMILES string of the molecule is CS(=O)(=O)OC1CCC(c2cccc(Br)c2)CC1. The predicted octanol–water partition coefficient (Wildman–Crippen LogP) is 3.45. The number of halogens is 1. The molecule has 0 amide bonds. The molecule has 0 bridgehead atoms. The van der Waals surface area contributed by atoms with Gasteiger partial charge in [0.25, 0.3) is 10.1 Å². The molecule has 1 aromatic rings. The second-order valence-corrected chi connectivity index (χ2v) is 7.35. The van der Waals surface area contributed by atoms with Crippen LogP contribution in [-0.2, 0) is 14.3 Å². The standard InChI is InChI=1S/C13H17BrO3S/c1-18(15,16)17-13-7-5-10(6-8-13)11-3-2-4-12(14)9-11/h2-4,9-10,13H,5-8H2,1H3. The molecule has 5 heteroatoms. The van der Waals surface area contributed by atoms with Crippen molar-refractivity contribution in [2.75, 3.05) is 6.26 Å². The molecule has 0 atom stereocenters. The average molecular weight is 333 g/mol. The van der Waals surface area contributed by atoms with Crippen molar-refractivity contribution in [3.8, 4) is 0 Å². The molecular weight excluding hydrogens is 316 g/mol. The van der Waals surface area contributed by atoms with Crippen molar-refractivity contribution in [1.82, 2.24) is 0 Å². The lowest BCUT2D eigenvalue weighted by Crippen LogP contribution is -2.23. The van der Waals surface area contributed by atoms with Gasteiger partial charge in [0, 0.05) is 4.47 Å². The summed E-state index contributed by atoms with van der Waals surface area (Å²) in [5, 5.41) is 0. The van der Waals surface area contributed by atoms with Gasteiger partial charge in [-0.3, -0.25) is 4.18 Å². The van der Waals surface area contributed by atoms with Crippen LogP contribution in [0.1, 0.15) is 37.2 Å². The Bertz CT molecular complexity index is 505. The third-order valence-corrected chi connectivity index (χ3v) is 4.42. The minimum Gasteiger partial charge on any atom is -0.267 e. The van der Waals surface area contributed by atoms with Crippen LogP contribution in [0.2, 0.25) is 0 Å². The molecular formula is C13H17BrO3S. The maximum absolute atomic E-state index is 11.1. The number of benzene rings is 1. The molecule has 1 saturated carbocycles. The van der Waals surface area contributed by atoms with Crippen LogP contribution in [0.15, 0.2) is 28.7 Å². The van der Waals surface area contributed by atoms with Gasteiger partial charge in [-0.25, -0.2) is 0 Å². The van der Waals surface area contributed by atoms with Crippen molar-refractivity contribution >= 4 is 26.0 Å². The number of hydrogen-bond donors (Lipinski definition) is 0. The topological polar surface area (TPSA) is 43.4 Å². The fraction of sp³-hybridized carbons (Fsp3) is 0.538. The molecule has 1 aromatic carbocycles. The highest BCUT2D eigenvalue weighted by molar-refractivity contribution is 9.10. The highest BCUT2D eigenvalue weighted by Crippen LogP contribution is 2.35. The van der Waals surface area contributed by atoms with Crippen LogP contribution in [-0.4, -0.2) is 20.8 Å². The number of rotatable bonds is 3. The highest BCUT2D eigenvalue weighted by atomic mass is 79.9. The van der Waals surface area contributed by atoms with Crippen molar-refractivity contribution in [2.24, 2.45) is 0 Å². The van der Waals surface area contributed by atoms with Gasteiger partial charge in [0.15, 0.2) is 0 Å². The predicted molar refractivity (Wildman–Crippen MR) is 75.1 cm³/mol. The fourth-order valence-corrected chi connectivity index (χ4v) is 3.60. The van der Waals surface area contributed by atoms with Crippen LogP contribution in [0.3, 0.4) is 0 Å². The summed E-state index contributed by atoms with van der Waals surface area (Å²) in [6.07, 6.45) is 4.57. The summed E-state index contributed by atoms with van der Waals surface area (Å²) >= 11 is 3.48. The summed E-state index contributed by atoms with van der Waals surface area (Å²) < 4.78 is 28.3. The van der Waals surface area contributed by atoms with Crippen molar-refractivity contribution < 1.29 is 12.6 Å². The van der Waals surface area contributed by atoms with Crippen molar-refractivity contribution in [2.45, 2.75) is 37.7 Å². The first-order valence-electron chi connectivity index (χ1n) is 6.08. The first-order chi connectivity index (χ1) is 8.44. The lowest BCUT2D eigenvalue weighted by atomic mass is 9.83. The van der Waals surface area contributed by atoms with Gasteiger partial charge >= 0.3 is 0 Å². The zero-order valence-electron chi connectivity index (χ0n) is 10.3. The highest BCUT2D eigenvalue weighted by Gasteiger charge is 2.25. The molecule has 100 valence electrons. The van der Waals surface area contributed by atoms with Gasteiger partial charge in [0.05, 0.1) is 12.4 Å². The van der Waals surface area contributed by atoms with E-state index in [2.05, 4.69) is 28.1 Å². The molecule has 0 heterocycles. The lowest BCUT2D eigenvalue weighted by molar-refractivity contribution is 0.155. The third-order valence-electron chi connectivity index (χ3n) is 3.31. The van der Waals surface area contributed by atoms with E-state index < -0.39 is 10.1 Å². The van der Waals surface area contributed by atoms with Gasteiger partial charge in [0.1, 0.15) is 0 Å². The van der Waals surface area contributed by atoms with E-state index in [0.717, 1.165) is 36.4 Å². The number of hydrogen-bond acceptors (Lipinski definition) is 3. The second-order valence-electron chi connectivity index (χ2n) is 4.83. The van der Waals surface area contributed by atoms with Crippen molar-refractivity contribution in [3.05, 3.63) is 34.3 Å². The first-order valence-corrected chi connectivity index (χ1v) is 8.69. The molecule has 18 heavy (non-hydrogen) atoms. The molecule has 0 N–H and O–H groups in total. The van der Waals surface area contributed by atoms with Crippen LogP contribution < -0.4 is 0 Å². The van der Waals surface area contributed by atoms with E-state index in [1.165, 1.54) is 5.56 Å². The molecule has 0 radical (unpaired) electrons. The maximum Gasteiger partial charge on any atom is 0.264 e. The molecule has 0 aliphatic heterocycles. The van der Waals surface area contributed by atoms with Gasteiger partial charge < -0.3 is 0 Å². The van der Waals surface area contributed by atoms with E-state index >= 15 is 0 Å². The minimum atomic E-state index is -3.32. The van der Waals surface area contributed by atoms with Gasteiger partial charge in [-0.2, -0.15) is 8.42 Å². The summed E-state index contributed by atoms with van der Waals surface area (Å²) in [6, 6.07) is 8.33. The van der Waals surface area contributed by atoms with Gasteiger partial charge in [0.2, 0.25) is 0 Å². The van der Waals surface area contributed by atoms with Gasteiger partial charge in [-0.05, 0) is 49.3 Å². The van der Waals surface area contributed by atoms with E-state index in [-0.39, 0.29) is 6.10 Å². The van der Waals surface area contributed by atoms with Crippen molar-refractivity contribution in [3.63, 3.8) is 0 Å². The van der Waals surface area contributed by atoms with Crippen LogP contribution >= 0.6 is 15.9 Å². The molecule has 1 aliphatic carbocycles. The minimum absolute atomic E-state index is 0.136. The van der Waals surface area contributed by atoms with Gasteiger partial charge in [-0.1, -0.05) is 28.1 Å². The van der Waals surface area contributed by atoms with Crippen LogP contribution in [0.5, 0.6) is 0 Å². The lowest BCUT2D eigenvalue weighted by Gasteiger charge is -2.28. The molecule has 1 fully saturated rings. The summed E-state index contributed by atoms with van der Waals surface area (Å²) in [4.78, 5) is 0. The normalized spacial score (nSPS) is 25.0. The molecule has 0 spiro atoms. The molecule has 2 rings (SSSR count). The second kappa shape index (κ2) is 5.72. The quantitative estimate of drug-likeness (QED) is 0.796. The van der Waals surface area contributed by atoms with E-state index in [0.29, 0.717) is 5.92 Å². The maximum atomic E-state index is 11.1. The summed E-state index contributed by atoms with van der Waals surface area (Å²) in [5.74, 6) is 0.516. The van der Waals surface area contributed by atoms with E-state index in [9.17, 15) is 8.42 Å². The Morgan fingerprint density at radius 1 is 1.22 bits per heavy atom.